The average Bonchev–Trinajstić information content (AvgIpc) is 2.15. The van der Waals surface area contributed by atoms with Crippen LogP contribution in [0.1, 0.15) is 47.5 Å². The second kappa shape index (κ2) is 6.29. The molecule has 0 spiro atoms. The molecule has 15 heavy (non-hydrogen) atoms. The van der Waals surface area contributed by atoms with Crippen LogP contribution >= 0.6 is 0 Å². The average molecular weight is 214 g/mol. The van der Waals surface area contributed by atoms with Gasteiger partial charge in [0, 0.05) is 0 Å². The zero-order valence-electron chi connectivity index (χ0n) is 10.8. The topological polar surface area (TPSA) is 29.5 Å². The summed E-state index contributed by atoms with van der Waals surface area (Å²) in [5, 5.41) is 9.94. The van der Waals surface area contributed by atoms with Crippen molar-refractivity contribution >= 4 is 0 Å². The molecule has 0 aliphatic heterocycles. The largest absolute Gasteiger partial charge is 0.388 e. The predicted octanol–water partition coefficient (Wildman–Crippen LogP) is 3.16. The molecule has 0 heterocycles. The molecule has 2 nitrogen and oxygen atoms in total. The molecular weight excluding hydrogens is 188 g/mol. The lowest BCUT2D eigenvalue weighted by molar-refractivity contribution is -0.0447. The van der Waals surface area contributed by atoms with Crippen molar-refractivity contribution in [3.63, 3.8) is 0 Å². The van der Waals surface area contributed by atoms with E-state index < -0.39 is 5.60 Å². The van der Waals surface area contributed by atoms with Crippen LogP contribution in [0.3, 0.4) is 0 Å². The highest BCUT2D eigenvalue weighted by Crippen LogP contribution is 2.16. The Balaban J connectivity index is 3.76. The monoisotopic (exact) mass is 214 g/mol. The van der Waals surface area contributed by atoms with E-state index in [0.29, 0.717) is 13.2 Å². The molecule has 0 fully saturated rings. The third-order valence-corrected chi connectivity index (χ3v) is 2.52. The quantitative estimate of drug-likeness (QED) is 0.543. The van der Waals surface area contributed by atoms with Gasteiger partial charge in [0.1, 0.15) is 0 Å². The standard InChI is InChI=1S/C13H26O2/c1-6-13(14,7-2)11-15-10-8-9-12(3,4)5/h8-9,14H,6-7,10-11H2,1-5H3/b9-8+. The summed E-state index contributed by atoms with van der Waals surface area (Å²) in [6, 6.07) is 0. The summed E-state index contributed by atoms with van der Waals surface area (Å²) in [5.74, 6) is 0. The zero-order valence-corrected chi connectivity index (χ0v) is 10.8. The number of allylic oxidation sites excluding steroid dienone is 1. The Kier molecular flexibility index (Phi) is 6.15. The van der Waals surface area contributed by atoms with Crippen LogP contribution in [0.2, 0.25) is 0 Å². The molecule has 2 heteroatoms. The lowest BCUT2D eigenvalue weighted by atomic mass is 9.96. The minimum absolute atomic E-state index is 0.204. The maximum absolute atomic E-state index is 9.94. The zero-order chi connectivity index (χ0) is 11.9. The molecule has 0 saturated heterocycles. The first-order valence-corrected chi connectivity index (χ1v) is 5.81. The molecule has 0 aromatic heterocycles. The first-order valence-electron chi connectivity index (χ1n) is 5.81. The van der Waals surface area contributed by atoms with Crippen molar-refractivity contribution in [2.45, 2.75) is 53.1 Å². The van der Waals surface area contributed by atoms with E-state index in [1.807, 2.05) is 19.9 Å². The highest BCUT2D eigenvalue weighted by molar-refractivity contribution is 4.92. The third kappa shape index (κ3) is 7.57. The van der Waals surface area contributed by atoms with Gasteiger partial charge in [0.15, 0.2) is 0 Å². The van der Waals surface area contributed by atoms with Gasteiger partial charge in [0.2, 0.25) is 0 Å². The molecule has 0 aromatic carbocycles. The fraction of sp³-hybridized carbons (Fsp3) is 0.846. The van der Waals surface area contributed by atoms with Crippen molar-refractivity contribution in [3.8, 4) is 0 Å². The van der Waals surface area contributed by atoms with Crippen LogP contribution in [0, 0.1) is 5.41 Å². The van der Waals surface area contributed by atoms with E-state index >= 15 is 0 Å². The van der Waals surface area contributed by atoms with Gasteiger partial charge in [-0.15, -0.1) is 0 Å². The molecule has 0 atom stereocenters. The van der Waals surface area contributed by atoms with Gasteiger partial charge in [-0.05, 0) is 18.3 Å². The Morgan fingerprint density at radius 1 is 1.13 bits per heavy atom. The second-order valence-corrected chi connectivity index (χ2v) is 5.21. The van der Waals surface area contributed by atoms with E-state index in [0.717, 1.165) is 12.8 Å². The number of aliphatic hydroxyl groups is 1. The molecule has 0 saturated carbocycles. The van der Waals surface area contributed by atoms with Crippen molar-refractivity contribution in [2.24, 2.45) is 5.41 Å². The van der Waals surface area contributed by atoms with Gasteiger partial charge < -0.3 is 9.84 Å². The van der Waals surface area contributed by atoms with Crippen LogP contribution in [-0.2, 0) is 4.74 Å². The smallest absolute Gasteiger partial charge is 0.0875 e. The molecule has 0 unspecified atom stereocenters. The molecule has 0 radical (unpaired) electrons. The lowest BCUT2D eigenvalue weighted by Crippen LogP contribution is -2.32. The Labute approximate surface area is 94.3 Å². The highest BCUT2D eigenvalue weighted by Gasteiger charge is 2.21. The molecule has 1 N–H and O–H groups in total. The third-order valence-electron chi connectivity index (χ3n) is 2.52. The molecular formula is C13H26O2. The minimum atomic E-state index is -0.643. The van der Waals surface area contributed by atoms with Crippen molar-refractivity contribution < 1.29 is 9.84 Å². The Bertz CT molecular complexity index is 185. The molecule has 0 rings (SSSR count). The summed E-state index contributed by atoms with van der Waals surface area (Å²) in [6.45, 7) is 11.4. The van der Waals surface area contributed by atoms with E-state index in [9.17, 15) is 5.11 Å². The molecule has 90 valence electrons. The summed E-state index contributed by atoms with van der Waals surface area (Å²) < 4.78 is 5.44. The maximum Gasteiger partial charge on any atom is 0.0875 e. The van der Waals surface area contributed by atoms with Crippen LogP contribution in [0.15, 0.2) is 12.2 Å². The van der Waals surface area contributed by atoms with Crippen molar-refractivity contribution in [2.75, 3.05) is 13.2 Å². The summed E-state index contributed by atoms with van der Waals surface area (Å²) in [5.41, 5.74) is -0.440. The number of rotatable bonds is 6. The van der Waals surface area contributed by atoms with E-state index in [-0.39, 0.29) is 5.41 Å². The van der Waals surface area contributed by atoms with Crippen LogP contribution < -0.4 is 0 Å². The molecule has 0 bridgehead atoms. The lowest BCUT2D eigenvalue weighted by Gasteiger charge is -2.24. The number of hydrogen-bond acceptors (Lipinski definition) is 2. The fourth-order valence-electron chi connectivity index (χ4n) is 1.17. The first-order chi connectivity index (χ1) is 6.83. The maximum atomic E-state index is 9.94. The van der Waals surface area contributed by atoms with Gasteiger partial charge in [-0.3, -0.25) is 0 Å². The molecule has 0 aliphatic rings. The van der Waals surface area contributed by atoms with Gasteiger partial charge in [0.25, 0.3) is 0 Å². The number of hydrogen-bond donors (Lipinski definition) is 1. The Morgan fingerprint density at radius 2 is 1.67 bits per heavy atom. The van der Waals surface area contributed by atoms with Crippen molar-refractivity contribution in [3.05, 3.63) is 12.2 Å². The predicted molar refractivity (Wildman–Crippen MR) is 64.9 cm³/mol. The fourth-order valence-corrected chi connectivity index (χ4v) is 1.17. The van der Waals surface area contributed by atoms with Gasteiger partial charge in [-0.25, -0.2) is 0 Å². The summed E-state index contributed by atoms with van der Waals surface area (Å²) >= 11 is 0. The van der Waals surface area contributed by atoms with Gasteiger partial charge >= 0.3 is 0 Å². The van der Waals surface area contributed by atoms with Crippen LogP contribution in [0.4, 0.5) is 0 Å². The molecule has 0 aromatic rings. The second-order valence-electron chi connectivity index (χ2n) is 5.21. The highest BCUT2D eigenvalue weighted by atomic mass is 16.5. The Hall–Kier alpha value is -0.340. The van der Waals surface area contributed by atoms with E-state index in [1.165, 1.54) is 0 Å². The SMILES string of the molecule is CCC(O)(CC)COC/C=C/C(C)(C)C. The van der Waals surface area contributed by atoms with E-state index in [4.69, 9.17) is 4.74 Å². The first kappa shape index (κ1) is 14.7. The van der Waals surface area contributed by atoms with Gasteiger partial charge in [-0.2, -0.15) is 0 Å². The van der Waals surface area contributed by atoms with Crippen LogP contribution in [0.25, 0.3) is 0 Å². The Morgan fingerprint density at radius 3 is 2.07 bits per heavy atom. The summed E-state index contributed by atoms with van der Waals surface area (Å²) in [7, 11) is 0. The van der Waals surface area contributed by atoms with E-state index in [2.05, 4.69) is 26.8 Å². The van der Waals surface area contributed by atoms with Crippen LogP contribution in [-0.4, -0.2) is 23.9 Å². The summed E-state index contributed by atoms with van der Waals surface area (Å²) in [6.07, 6.45) is 5.63. The van der Waals surface area contributed by atoms with Crippen molar-refractivity contribution in [1.29, 1.82) is 0 Å². The van der Waals surface area contributed by atoms with Gasteiger partial charge in [0.05, 0.1) is 18.8 Å². The molecule has 0 amide bonds. The number of ether oxygens (including phenoxy) is 1. The molecule has 0 aliphatic carbocycles. The minimum Gasteiger partial charge on any atom is -0.388 e. The van der Waals surface area contributed by atoms with E-state index in [1.54, 1.807) is 0 Å². The summed E-state index contributed by atoms with van der Waals surface area (Å²) in [4.78, 5) is 0. The normalized spacial score (nSPS) is 13.7. The van der Waals surface area contributed by atoms with Gasteiger partial charge in [-0.1, -0.05) is 46.8 Å². The van der Waals surface area contributed by atoms with Crippen molar-refractivity contribution in [1.82, 2.24) is 0 Å². The van der Waals surface area contributed by atoms with Crippen LogP contribution in [0.5, 0.6) is 0 Å².